The second-order valence-electron chi connectivity index (χ2n) is 6.58. The summed E-state index contributed by atoms with van der Waals surface area (Å²) in [6.45, 7) is 3.45. The molecule has 0 radical (unpaired) electrons. The highest BCUT2D eigenvalue weighted by Crippen LogP contribution is 2.23. The van der Waals surface area contributed by atoms with Gasteiger partial charge in [0.2, 0.25) is 5.91 Å². The Kier molecular flexibility index (Phi) is 6.64. The second kappa shape index (κ2) is 9.16. The second-order valence-corrected chi connectivity index (χ2v) is 6.58. The highest BCUT2D eigenvalue weighted by Gasteiger charge is 2.34. The highest BCUT2D eigenvalue weighted by molar-refractivity contribution is 5.78. The van der Waals surface area contributed by atoms with Gasteiger partial charge in [-0.3, -0.25) is 9.69 Å². The van der Waals surface area contributed by atoms with E-state index in [9.17, 15) is 4.79 Å². The normalized spacial score (nSPS) is 22.6. The van der Waals surface area contributed by atoms with Gasteiger partial charge in [0.25, 0.3) is 0 Å². The molecule has 1 atom stereocenters. The fraction of sp³-hybridized carbons (Fsp3) is 0.632. The van der Waals surface area contributed by atoms with Crippen molar-refractivity contribution in [3.05, 3.63) is 35.9 Å². The average Bonchev–Trinajstić information content (AvgIpc) is 3.15. The zero-order valence-corrected chi connectivity index (χ0v) is 14.3. The van der Waals surface area contributed by atoms with Gasteiger partial charge in [-0.2, -0.15) is 0 Å². The van der Waals surface area contributed by atoms with Crippen molar-refractivity contribution in [1.29, 1.82) is 0 Å². The SMILES string of the molecule is O=C(CN1CCCCC1C1OCCO1)NCCCc1ccccc1. The first-order chi connectivity index (χ1) is 11.8. The molecule has 3 rings (SSSR count). The summed E-state index contributed by atoms with van der Waals surface area (Å²) >= 11 is 0. The zero-order valence-electron chi connectivity index (χ0n) is 14.3. The summed E-state index contributed by atoms with van der Waals surface area (Å²) in [5.74, 6) is 0.105. The van der Waals surface area contributed by atoms with E-state index in [1.807, 2.05) is 6.07 Å². The maximum atomic E-state index is 12.2. The molecule has 5 heteroatoms. The van der Waals surface area contributed by atoms with Gasteiger partial charge in [-0.15, -0.1) is 0 Å². The van der Waals surface area contributed by atoms with Gasteiger partial charge < -0.3 is 14.8 Å². The highest BCUT2D eigenvalue weighted by atomic mass is 16.7. The van der Waals surface area contributed by atoms with Crippen LogP contribution in [-0.4, -0.2) is 56.0 Å². The van der Waals surface area contributed by atoms with Crippen LogP contribution in [0.15, 0.2) is 30.3 Å². The van der Waals surface area contributed by atoms with Gasteiger partial charge in [0.05, 0.1) is 25.8 Å². The van der Waals surface area contributed by atoms with E-state index in [1.54, 1.807) is 0 Å². The van der Waals surface area contributed by atoms with Crippen molar-refractivity contribution in [2.45, 2.75) is 44.4 Å². The largest absolute Gasteiger partial charge is 0.355 e. The Morgan fingerprint density at radius 2 is 1.96 bits per heavy atom. The number of amides is 1. The lowest BCUT2D eigenvalue weighted by atomic mass is 10.0. The minimum Gasteiger partial charge on any atom is -0.355 e. The summed E-state index contributed by atoms with van der Waals surface area (Å²) in [5, 5.41) is 3.05. The Hall–Kier alpha value is -1.43. The van der Waals surface area contributed by atoms with E-state index in [-0.39, 0.29) is 18.2 Å². The molecule has 0 saturated carbocycles. The van der Waals surface area contributed by atoms with Gasteiger partial charge in [-0.05, 0) is 37.8 Å². The number of piperidine rings is 1. The Bertz CT molecular complexity index is 503. The molecule has 2 heterocycles. The number of benzene rings is 1. The molecule has 24 heavy (non-hydrogen) atoms. The van der Waals surface area contributed by atoms with Crippen LogP contribution in [-0.2, 0) is 20.7 Å². The molecule has 2 fully saturated rings. The Morgan fingerprint density at radius 1 is 1.17 bits per heavy atom. The number of hydrogen-bond donors (Lipinski definition) is 1. The van der Waals surface area contributed by atoms with E-state index in [4.69, 9.17) is 9.47 Å². The smallest absolute Gasteiger partial charge is 0.234 e. The van der Waals surface area contributed by atoms with E-state index in [2.05, 4.69) is 34.5 Å². The number of nitrogens with one attached hydrogen (secondary N) is 1. The number of rotatable bonds is 7. The Labute approximate surface area is 144 Å². The van der Waals surface area contributed by atoms with Gasteiger partial charge in [-0.25, -0.2) is 0 Å². The van der Waals surface area contributed by atoms with Gasteiger partial charge in [0.1, 0.15) is 0 Å². The van der Waals surface area contributed by atoms with Crippen molar-refractivity contribution in [1.82, 2.24) is 10.2 Å². The molecular weight excluding hydrogens is 304 g/mol. The molecule has 1 amide bonds. The van der Waals surface area contributed by atoms with Gasteiger partial charge in [0.15, 0.2) is 6.29 Å². The lowest BCUT2D eigenvalue weighted by molar-refractivity contribution is -0.131. The van der Waals surface area contributed by atoms with Crippen LogP contribution in [0.1, 0.15) is 31.2 Å². The average molecular weight is 332 g/mol. The lowest BCUT2D eigenvalue weighted by Gasteiger charge is -2.37. The van der Waals surface area contributed by atoms with Gasteiger partial charge in [-0.1, -0.05) is 36.8 Å². The summed E-state index contributed by atoms with van der Waals surface area (Å²) in [6.07, 6.45) is 5.18. The minimum atomic E-state index is -0.156. The monoisotopic (exact) mass is 332 g/mol. The predicted octanol–water partition coefficient (Wildman–Crippen LogP) is 1.96. The number of hydrogen-bond acceptors (Lipinski definition) is 4. The third kappa shape index (κ3) is 5.03. The van der Waals surface area contributed by atoms with Crippen molar-refractivity contribution in [3.8, 4) is 0 Å². The van der Waals surface area contributed by atoms with Crippen molar-refractivity contribution >= 4 is 5.91 Å². The summed E-state index contributed by atoms with van der Waals surface area (Å²) < 4.78 is 11.3. The number of aryl methyl sites for hydroxylation is 1. The zero-order chi connectivity index (χ0) is 16.6. The molecule has 1 aromatic carbocycles. The van der Waals surface area contributed by atoms with Crippen LogP contribution in [0.4, 0.5) is 0 Å². The molecule has 1 N–H and O–H groups in total. The summed E-state index contributed by atoms with van der Waals surface area (Å²) in [4.78, 5) is 14.5. The molecule has 5 nitrogen and oxygen atoms in total. The van der Waals surface area contributed by atoms with Gasteiger partial charge in [0, 0.05) is 6.54 Å². The minimum absolute atomic E-state index is 0.105. The molecule has 0 bridgehead atoms. The first-order valence-corrected chi connectivity index (χ1v) is 9.11. The van der Waals surface area contributed by atoms with Crippen LogP contribution in [0, 0.1) is 0 Å². The maximum Gasteiger partial charge on any atom is 0.234 e. The molecule has 0 aliphatic carbocycles. The van der Waals surface area contributed by atoms with E-state index in [0.29, 0.717) is 19.8 Å². The molecular formula is C19H28N2O3. The van der Waals surface area contributed by atoms with Crippen molar-refractivity contribution < 1.29 is 14.3 Å². The molecule has 2 saturated heterocycles. The summed E-state index contributed by atoms with van der Waals surface area (Å²) in [5.41, 5.74) is 1.32. The number of nitrogens with zero attached hydrogens (tertiary/aromatic N) is 1. The van der Waals surface area contributed by atoms with E-state index in [1.165, 1.54) is 12.0 Å². The van der Waals surface area contributed by atoms with Crippen molar-refractivity contribution in [3.63, 3.8) is 0 Å². The number of carbonyl (C=O) groups is 1. The summed E-state index contributed by atoms with van der Waals surface area (Å²) in [7, 11) is 0. The topological polar surface area (TPSA) is 50.8 Å². The fourth-order valence-electron chi connectivity index (χ4n) is 3.53. The summed E-state index contributed by atoms with van der Waals surface area (Å²) in [6, 6.07) is 10.6. The van der Waals surface area contributed by atoms with Crippen LogP contribution in [0.25, 0.3) is 0 Å². The quantitative estimate of drug-likeness (QED) is 0.776. The van der Waals surface area contributed by atoms with Gasteiger partial charge >= 0.3 is 0 Å². The van der Waals surface area contributed by atoms with Crippen molar-refractivity contribution in [2.75, 3.05) is 32.8 Å². The van der Waals surface area contributed by atoms with E-state index >= 15 is 0 Å². The molecule has 1 aromatic rings. The first kappa shape index (κ1) is 17.4. The van der Waals surface area contributed by atoms with Crippen LogP contribution >= 0.6 is 0 Å². The molecule has 1 unspecified atom stereocenters. The molecule has 2 aliphatic heterocycles. The first-order valence-electron chi connectivity index (χ1n) is 9.11. The molecule has 2 aliphatic rings. The van der Waals surface area contributed by atoms with Crippen LogP contribution in [0.3, 0.4) is 0 Å². The van der Waals surface area contributed by atoms with E-state index < -0.39 is 0 Å². The standard InChI is InChI=1S/C19H28N2O3/c22-18(20-11-6-9-16-7-2-1-3-8-16)15-21-12-5-4-10-17(21)19-23-13-14-24-19/h1-3,7-8,17,19H,4-6,9-15H2,(H,20,22). The van der Waals surface area contributed by atoms with Crippen LogP contribution in [0.5, 0.6) is 0 Å². The third-order valence-electron chi connectivity index (χ3n) is 4.78. The van der Waals surface area contributed by atoms with Crippen LogP contribution < -0.4 is 5.32 Å². The van der Waals surface area contributed by atoms with Crippen LogP contribution in [0.2, 0.25) is 0 Å². The number of likely N-dealkylation sites (tertiary alicyclic amines) is 1. The predicted molar refractivity (Wildman–Crippen MR) is 92.7 cm³/mol. The lowest BCUT2D eigenvalue weighted by Crippen LogP contribution is -2.51. The van der Waals surface area contributed by atoms with E-state index in [0.717, 1.165) is 38.8 Å². The Balaban J connectivity index is 1.38. The number of ether oxygens (including phenoxy) is 2. The third-order valence-corrected chi connectivity index (χ3v) is 4.78. The Morgan fingerprint density at radius 3 is 2.75 bits per heavy atom. The fourth-order valence-corrected chi connectivity index (χ4v) is 3.53. The molecule has 132 valence electrons. The number of carbonyl (C=O) groups excluding carboxylic acids is 1. The maximum absolute atomic E-state index is 12.2. The molecule has 0 aromatic heterocycles. The molecule has 0 spiro atoms. The van der Waals surface area contributed by atoms with Crippen molar-refractivity contribution in [2.24, 2.45) is 0 Å².